The Balaban J connectivity index is 2.67. The van der Waals surface area contributed by atoms with Crippen molar-refractivity contribution in [3.63, 3.8) is 0 Å². The lowest BCUT2D eigenvalue weighted by atomic mass is 10.4. The molecule has 16 heavy (non-hydrogen) atoms. The van der Waals surface area contributed by atoms with Crippen LogP contribution in [0.4, 0.5) is 0 Å². The van der Waals surface area contributed by atoms with E-state index < -0.39 is 5.97 Å². The van der Waals surface area contributed by atoms with E-state index in [-0.39, 0.29) is 19.0 Å². The summed E-state index contributed by atoms with van der Waals surface area (Å²) in [6.45, 7) is 0.220. The maximum Gasteiger partial charge on any atom is 0.323 e. The summed E-state index contributed by atoms with van der Waals surface area (Å²) in [5.41, 5.74) is 1.53. The lowest BCUT2D eigenvalue weighted by Crippen LogP contribution is -2.37. The molecule has 0 aliphatic rings. The monoisotopic (exact) mass is 244 g/mol. The third kappa shape index (κ3) is 3.59. The quantitative estimate of drug-likeness (QED) is 0.779. The molecule has 0 aromatic carbocycles. The van der Waals surface area contributed by atoms with E-state index in [0.29, 0.717) is 11.5 Å². The van der Waals surface area contributed by atoms with Crippen molar-refractivity contribution >= 4 is 23.2 Å². The van der Waals surface area contributed by atoms with Crippen molar-refractivity contribution in [2.24, 2.45) is 0 Å². The molecule has 0 bridgehead atoms. The van der Waals surface area contributed by atoms with Crippen LogP contribution in [0.1, 0.15) is 9.67 Å². The molecule has 0 fully saturated rings. The summed E-state index contributed by atoms with van der Waals surface area (Å²) in [5.74, 6) is -1.38. The van der Waals surface area contributed by atoms with Crippen molar-refractivity contribution in [2.45, 2.75) is 0 Å². The minimum atomic E-state index is -1.05. The van der Waals surface area contributed by atoms with Gasteiger partial charge in [-0.2, -0.15) is 0 Å². The number of hydrogen-bond donors (Lipinski definition) is 1. The largest absolute Gasteiger partial charge is 0.480 e. The molecule has 0 atom stereocenters. The smallest absolute Gasteiger partial charge is 0.323 e. The van der Waals surface area contributed by atoms with Gasteiger partial charge in [0.25, 0.3) is 5.91 Å². The standard InChI is InChI=1S/C9H12N2O4S/c1-15-3-2-11(5-8(12)13)9(14)7-4-10-6-16-7/h4,6H,2-3,5H2,1H3,(H,12,13). The predicted molar refractivity (Wildman–Crippen MR) is 57.5 cm³/mol. The number of aromatic nitrogens is 1. The van der Waals surface area contributed by atoms with Gasteiger partial charge >= 0.3 is 5.97 Å². The van der Waals surface area contributed by atoms with Gasteiger partial charge in [-0.3, -0.25) is 14.6 Å². The molecule has 7 heteroatoms. The van der Waals surface area contributed by atoms with E-state index in [2.05, 4.69) is 4.98 Å². The normalized spacial score (nSPS) is 10.1. The Kier molecular flexibility index (Phi) is 4.87. The molecule has 1 aromatic rings. The molecule has 88 valence electrons. The third-order valence-electron chi connectivity index (χ3n) is 1.82. The Morgan fingerprint density at radius 2 is 2.38 bits per heavy atom. The number of methoxy groups -OCH3 is 1. The van der Waals surface area contributed by atoms with Gasteiger partial charge in [-0.1, -0.05) is 0 Å². The van der Waals surface area contributed by atoms with Gasteiger partial charge in [-0.15, -0.1) is 11.3 Å². The molecule has 0 saturated heterocycles. The number of thiazole rings is 1. The average molecular weight is 244 g/mol. The first-order chi connectivity index (χ1) is 7.65. The van der Waals surface area contributed by atoms with Gasteiger partial charge < -0.3 is 14.7 Å². The number of carbonyl (C=O) groups is 2. The molecule has 6 nitrogen and oxygen atoms in total. The van der Waals surface area contributed by atoms with Gasteiger partial charge in [0.2, 0.25) is 0 Å². The van der Waals surface area contributed by atoms with Crippen LogP contribution in [0, 0.1) is 0 Å². The molecule has 1 aromatic heterocycles. The Morgan fingerprint density at radius 3 is 2.88 bits per heavy atom. The second-order valence-electron chi connectivity index (χ2n) is 2.98. The second kappa shape index (κ2) is 6.19. The summed E-state index contributed by atoms with van der Waals surface area (Å²) < 4.78 is 4.82. The lowest BCUT2D eigenvalue weighted by molar-refractivity contribution is -0.137. The second-order valence-corrected chi connectivity index (χ2v) is 3.87. The van der Waals surface area contributed by atoms with Crippen molar-refractivity contribution in [1.82, 2.24) is 9.88 Å². The highest BCUT2D eigenvalue weighted by Crippen LogP contribution is 2.09. The molecule has 0 unspecified atom stereocenters. The van der Waals surface area contributed by atoms with Crippen LogP contribution in [0.3, 0.4) is 0 Å². The number of hydrogen-bond acceptors (Lipinski definition) is 5. The lowest BCUT2D eigenvalue weighted by Gasteiger charge is -2.19. The molecule has 1 N–H and O–H groups in total. The molecule has 0 radical (unpaired) electrons. The molecule has 1 heterocycles. The topological polar surface area (TPSA) is 79.7 Å². The molecule has 0 saturated carbocycles. The summed E-state index contributed by atoms with van der Waals surface area (Å²) in [7, 11) is 1.50. The van der Waals surface area contributed by atoms with E-state index in [4.69, 9.17) is 9.84 Å². The Bertz CT molecular complexity index is 352. The maximum atomic E-state index is 11.8. The van der Waals surface area contributed by atoms with E-state index in [1.54, 1.807) is 0 Å². The van der Waals surface area contributed by atoms with Crippen LogP contribution in [-0.4, -0.2) is 53.7 Å². The summed E-state index contributed by atoms with van der Waals surface area (Å²) in [5, 5.41) is 8.68. The summed E-state index contributed by atoms with van der Waals surface area (Å²) >= 11 is 1.18. The Hall–Kier alpha value is -1.47. The van der Waals surface area contributed by atoms with Crippen molar-refractivity contribution in [1.29, 1.82) is 0 Å². The Morgan fingerprint density at radius 1 is 1.62 bits per heavy atom. The number of rotatable bonds is 6. The van der Waals surface area contributed by atoms with Crippen LogP contribution >= 0.6 is 11.3 Å². The molecule has 1 amide bonds. The highest BCUT2D eigenvalue weighted by molar-refractivity contribution is 7.11. The number of aliphatic carboxylic acids is 1. The van der Waals surface area contributed by atoms with Crippen molar-refractivity contribution in [2.75, 3.05) is 26.8 Å². The first-order valence-corrected chi connectivity index (χ1v) is 5.41. The van der Waals surface area contributed by atoms with Crippen LogP contribution in [-0.2, 0) is 9.53 Å². The van der Waals surface area contributed by atoms with Gasteiger partial charge in [0.15, 0.2) is 0 Å². The van der Waals surface area contributed by atoms with E-state index >= 15 is 0 Å². The van der Waals surface area contributed by atoms with Crippen LogP contribution in [0.15, 0.2) is 11.7 Å². The van der Waals surface area contributed by atoms with E-state index in [9.17, 15) is 9.59 Å². The number of carbonyl (C=O) groups excluding carboxylic acids is 1. The van der Waals surface area contributed by atoms with E-state index in [1.165, 1.54) is 35.1 Å². The molecular weight excluding hydrogens is 232 g/mol. The number of nitrogens with zero attached hydrogens (tertiary/aromatic N) is 2. The molecule has 0 spiro atoms. The fourth-order valence-corrected chi connectivity index (χ4v) is 1.68. The zero-order valence-electron chi connectivity index (χ0n) is 8.75. The fourth-order valence-electron chi connectivity index (χ4n) is 1.09. The zero-order chi connectivity index (χ0) is 12.0. The number of ether oxygens (including phenoxy) is 1. The molecule has 0 aliphatic heterocycles. The highest BCUT2D eigenvalue weighted by atomic mass is 32.1. The van der Waals surface area contributed by atoms with Gasteiger partial charge in [-0.05, 0) is 0 Å². The number of carboxylic acids is 1. The maximum absolute atomic E-state index is 11.8. The fraction of sp³-hybridized carbons (Fsp3) is 0.444. The SMILES string of the molecule is COCCN(CC(=O)O)C(=O)c1cncs1. The highest BCUT2D eigenvalue weighted by Gasteiger charge is 2.19. The Labute approximate surface area is 96.5 Å². The summed E-state index contributed by atoms with van der Waals surface area (Å²) in [4.78, 5) is 27.9. The zero-order valence-corrected chi connectivity index (χ0v) is 9.57. The first kappa shape index (κ1) is 12.6. The number of carboxylic acid groups (broad SMARTS) is 1. The van der Waals surface area contributed by atoms with Gasteiger partial charge in [0, 0.05) is 13.7 Å². The van der Waals surface area contributed by atoms with Gasteiger partial charge in [0.05, 0.1) is 18.3 Å². The van der Waals surface area contributed by atoms with Gasteiger partial charge in [-0.25, -0.2) is 0 Å². The first-order valence-electron chi connectivity index (χ1n) is 4.53. The molecule has 1 rings (SSSR count). The van der Waals surface area contributed by atoms with Crippen molar-refractivity contribution < 1.29 is 19.4 Å². The predicted octanol–water partition coefficient (Wildman–Crippen LogP) is 0.316. The summed E-state index contributed by atoms with van der Waals surface area (Å²) in [6, 6.07) is 0. The third-order valence-corrected chi connectivity index (χ3v) is 2.58. The minimum Gasteiger partial charge on any atom is -0.480 e. The van der Waals surface area contributed by atoms with Gasteiger partial charge in [0.1, 0.15) is 11.4 Å². The summed E-state index contributed by atoms with van der Waals surface area (Å²) in [6.07, 6.45) is 1.43. The van der Waals surface area contributed by atoms with Crippen molar-refractivity contribution in [3.8, 4) is 0 Å². The van der Waals surface area contributed by atoms with Crippen LogP contribution in [0.5, 0.6) is 0 Å². The van der Waals surface area contributed by atoms with E-state index in [0.717, 1.165) is 0 Å². The average Bonchev–Trinajstić information content (AvgIpc) is 2.76. The van der Waals surface area contributed by atoms with Crippen LogP contribution in [0.2, 0.25) is 0 Å². The molecular formula is C9H12N2O4S. The van der Waals surface area contributed by atoms with Crippen LogP contribution in [0.25, 0.3) is 0 Å². The van der Waals surface area contributed by atoms with Crippen molar-refractivity contribution in [3.05, 3.63) is 16.6 Å². The van der Waals surface area contributed by atoms with Crippen LogP contribution < -0.4 is 0 Å². The minimum absolute atomic E-state index is 0.250. The van der Waals surface area contributed by atoms with E-state index in [1.807, 2.05) is 0 Å². The molecule has 0 aliphatic carbocycles. The number of amides is 1.